The first-order valence-electron chi connectivity index (χ1n) is 14.5. The topological polar surface area (TPSA) is 210 Å². The van der Waals surface area contributed by atoms with Gasteiger partial charge in [0.2, 0.25) is 17.8 Å². The second kappa shape index (κ2) is 25.2. The molecule has 12 nitrogen and oxygen atoms in total. The second-order valence-corrected chi connectivity index (χ2v) is 9.06. The number of aryl methyl sites for hydroxylation is 2. The molecule has 0 aliphatic heterocycles. The van der Waals surface area contributed by atoms with Crippen LogP contribution in [0, 0.1) is 11.9 Å². The summed E-state index contributed by atoms with van der Waals surface area (Å²) in [7, 11) is -1.00. The van der Waals surface area contributed by atoms with E-state index in [4.69, 9.17) is 26.2 Å². The molecule has 0 saturated heterocycles. The molecule has 2 aromatic carbocycles. The van der Waals surface area contributed by atoms with E-state index in [9.17, 15) is 33.0 Å². The number of carboxylic acid groups (broad SMARTS) is 1. The fourth-order valence-electron chi connectivity index (χ4n) is 4.13. The molecule has 16 heteroatoms. The second-order valence-electron chi connectivity index (χ2n) is 9.06. The number of halogens is 3. The van der Waals surface area contributed by atoms with E-state index in [1.807, 2.05) is 13.8 Å². The van der Waals surface area contributed by atoms with Crippen LogP contribution in [-0.2, 0) is 35.6 Å². The maximum absolute atomic E-state index is 13.7. The van der Waals surface area contributed by atoms with E-state index in [2.05, 4.69) is 15.0 Å². The molecule has 0 spiro atoms. The van der Waals surface area contributed by atoms with Crippen LogP contribution < -0.4 is 46.0 Å². The van der Waals surface area contributed by atoms with Crippen molar-refractivity contribution in [1.82, 2.24) is 15.0 Å². The summed E-state index contributed by atoms with van der Waals surface area (Å²) >= 11 is 0. The Morgan fingerprint density at radius 3 is 2.00 bits per heavy atom. The van der Waals surface area contributed by atoms with Gasteiger partial charge in [-0.1, -0.05) is 39.5 Å². The molecule has 5 aromatic rings. The normalized spacial score (nSPS) is 9.46. The van der Waals surface area contributed by atoms with Gasteiger partial charge in [0.15, 0.2) is 0 Å². The van der Waals surface area contributed by atoms with Crippen molar-refractivity contribution in [3.8, 4) is 11.5 Å². The number of pyridine rings is 2. The Labute approximate surface area is 309 Å². The van der Waals surface area contributed by atoms with E-state index in [0.717, 1.165) is 5.56 Å². The van der Waals surface area contributed by atoms with Crippen LogP contribution in [-0.4, -0.2) is 44.4 Å². The molecule has 0 bridgehead atoms. The number of nitrogens with two attached hydrogens (primary N) is 1. The van der Waals surface area contributed by atoms with Crippen molar-refractivity contribution >= 4 is 28.7 Å². The van der Waals surface area contributed by atoms with Gasteiger partial charge >= 0.3 is 41.3 Å². The zero-order valence-corrected chi connectivity index (χ0v) is 28.8. The van der Waals surface area contributed by atoms with Crippen molar-refractivity contribution in [2.75, 3.05) is 12.9 Å². The first kappa shape index (κ1) is 45.2. The molecule has 0 amide bonds. The smallest absolute Gasteiger partial charge is 0.545 e. The maximum Gasteiger partial charge on any atom is 1.00 e. The SMILES string of the molecule is C.CCc1cc(CO)cc(N)c1C(=O)[O-].CCc1cc(CO)cc2nc(-c3cccnc3F)oc(=O)c12.Fc1ccccn1.O=C=O.[2H]CF.[Na+]. The number of carbonyl (C=O) groups is 1. The number of aromatic nitrogens is 3. The summed E-state index contributed by atoms with van der Waals surface area (Å²) in [5.41, 5.74) is 8.12. The van der Waals surface area contributed by atoms with Crippen LogP contribution >= 0.6 is 0 Å². The van der Waals surface area contributed by atoms with E-state index >= 15 is 0 Å². The summed E-state index contributed by atoms with van der Waals surface area (Å²) < 4.78 is 46.2. The molecule has 0 aliphatic carbocycles. The molecule has 5 rings (SSSR count). The molecule has 0 saturated carbocycles. The Balaban J connectivity index is 0. The number of alkyl halides is 1. The Bertz CT molecular complexity index is 1900. The van der Waals surface area contributed by atoms with Crippen LogP contribution in [0.2, 0.25) is 0 Å². The van der Waals surface area contributed by atoms with E-state index < -0.39 is 30.6 Å². The minimum Gasteiger partial charge on any atom is -0.545 e. The number of benzene rings is 2. The third-order valence-electron chi connectivity index (χ3n) is 6.13. The Hall–Kier alpha value is -4.76. The van der Waals surface area contributed by atoms with E-state index in [1.54, 1.807) is 30.3 Å². The van der Waals surface area contributed by atoms with E-state index in [0.29, 0.717) is 40.4 Å². The number of rotatable bonds is 6. The molecular formula is C34H36F3N4NaO8. The van der Waals surface area contributed by atoms with Crippen LogP contribution in [0.1, 0.15) is 55.3 Å². The first-order chi connectivity index (χ1) is 23.5. The van der Waals surface area contributed by atoms with Crippen molar-refractivity contribution in [3.63, 3.8) is 0 Å². The van der Waals surface area contributed by atoms with Crippen LogP contribution in [0.25, 0.3) is 22.4 Å². The summed E-state index contributed by atoms with van der Waals surface area (Å²) in [5, 5.41) is 29.3. The summed E-state index contributed by atoms with van der Waals surface area (Å²) in [6.45, 7) is 3.40. The predicted molar refractivity (Wildman–Crippen MR) is 172 cm³/mol. The van der Waals surface area contributed by atoms with Crippen LogP contribution in [0.15, 0.2) is 76.2 Å². The van der Waals surface area contributed by atoms with Gasteiger partial charge in [-0.25, -0.2) is 19.7 Å². The average molecular weight is 710 g/mol. The third kappa shape index (κ3) is 14.0. The number of anilines is 1. The standard InChI is InChI=1S/C16H13FN2O3.C10H13NO3.C5H4FN.CH3F.CO2.CH4.Na/c1-2-10-6-9(8-20)7-12-13(10)16(21)22-15(19-12)11-4-3-5-18-14(11)17;1-2-7-3-6(5-12)4-8(11)9(7)10(13)14;6-5-3-1-2-4-7-5;1-2;2-1-3;;/h3-7,20H,2,8H2,1H3;3-4,12H,2,5,11H2,1H3,(H,13,14);1-4H;1H3;;1H4;/q;;;;;;+1/p-1/i;;;1D;;;. The van der Waals surface area contributed by atoms with Crippen LogP contribution in [0.5, 0.6) is 0 Å². The van der Waals surface area contributed by atoms with E-state index in [-0.39, 0.29) is 79.1 Å². The van der Waals surface area contributed by atoms with Crippen LogP contribution in [0.3, 0.4) is 0 Å². The van der Waals surface area contributed by atoms with Gasteiger partial charge in [0.05, 0.1) is 44.2 Å². The number of hydrogen-bond acceptors (Lipinski definition) is 12. The van der Waals surface area contributed by atoms with Gasteiger partial charge < -0.3 is 30.3 Å². The molecule has 0 aliphatic rings. The number of nitrogens with zero attached hydrogens (tertiary/aromatic N) is 3. The van der Waals surface area contributed by atoms with Crippen molar-refractivity contribution in [1.29, 1.82) is 0 Å². The largest absolute Gasteiger partial charge is 1.00 e. The number of nitrogen functional groups attached to an aromatic ring is 1. The molecule has 0 radical (unpaired) electrons. The zero-order chi connectivity index (χ0) is 36.9. The van der Waals surface area contributed by atoms with Gasteiger partial charge in [-0.2, -0.15) is 18.4 Å². The predicted octanol–water partition coefficient (Wildman–Crippen LogP) is 0.994. The summed E-state index contributed by atoms with van der Waals surface area (Å²) in [4.78, 5) is 50.3. The molecule has 4 N–H and O–H groups in total. The Morgan fingerprint density at radius 1 is 0.980 bits per heavy atom. The zero-order valence-electron chi connectivity index (χ0n) is 27.8. The molecule has 0 fully saturated rings. The summed E-state index contributed by atoms with van der Waals surface area (Å²) in [6.07, 6.45) is 4.10. The number of aliphatic hydroxyl groups excluding tert-OH is 2. The average Bonchev–Trinajstić information content (AvgIpc) is 3.08. The number of aromatic carboxylic acids is 1. The van der Waals surface area contributed by atoms with Gasteiger partial charge in [0.25, 0.3) is 0 Å². The third-order valence-corrected chi connectivity index (χ3v) is 6.13. The number of carboxylic acids is 1. The first-order valence-corrected chi connectivity index (χ1v) is 13.8. The summed E-state index contributed by atoms with van der Waals surface area (Å²) in [6, 6.07) is 14.0. The number of fused-ring (bicyclic) bond motifs is 1. The molecule has 0 unspecified atom stereocenters. The van der Waals surface area contributed by atoms with Gasteiger partial charge in [0.1, 0.15) is 0 Å². The number of carbonyl (C=O) groups excluding carboxylic acids is 3. The van der Waals surface area contributed by atoms with Crippen molar-refractivity contribution in [2.24, 2.45) is 0 Å². The van der Waals surface area contributed by atoms with Gasteiger partial charge in [-0.3, -0.25) is 4.39 Å². The fourth-order valence-corrected chi connectivity index (χ4v) is 4.13. The molecule has 50 heavy (non-hydrogen) atoms. The number of aliphatic hydroxyl groups is 2. The number of hydrogen-bond donors (Lipinski definition) is 3. The van der Waals surface area contributed by atoms with Crippen molar-refractivity contribution in [3.05, 3.63) is 117 Å². The van der Waals surface area contributed by atoms with Gasteiger partial charge in [-0.05, 0) is 71.5 Å². The molecule has 3 aromatic heterocycles. The Morgan fingerprint density at radius 2 is 1.54 bits per heavy atom. The molecule has 3 heterocycles. The minimum absolute atomic E-state index is 0. The van der Waals surface area contributed by atoms with Gasteiger partial charge in [-0.15, -0.1) is 0 Å². The minimum atomic E-state index is -1.27. The monoisotopic (exact) mass is 709 g/mol. The Kier molecular flexibility index (Phi) is 22.8. The quantitative estimate of drug-likeness (QED) is 0.128. The maximum atomic E-state index is 13.7. The van der Waals surface area contributed by atoms with Crippen molar-refractivity contribution in [2.45, 2.75) is 47.3 Å². The summed E-state index contributed by atoms with van der Waals surface area (Å²) in [5.74, 6) is -2.59. The molecule has 262 valence electrons. The van der Waals surface area contributed by atoms with E-state index in [1.165, 1.54) is 36.7 Å². The van der Waals surface area contributed by atoms with Gasteiger partial charge in [0, 0.05) is 23.6 Å². The molecular weight excluding hydrogens is 672 g/mol. The van der Waals surface area contributed by atoms with Crippen LogP contribution in [0.4, 0.5) is 18.9 Å². The fraction of sp³-hybridized carbons (Fsp3) is 0.235. The van der Waals surface area contributed by atoms with Crippen molar-refractivity contribution < 1.29 is 78.2 Å². The molecule has 0 atom stereocenters.